The number of thiol groups is 1. The van der Waals surface area contributed by atoms with E-state index in [1.54, 1.807) is 0 Å². The second-order valence-corrected chi connectivity index (χ2v) is 8.61. The van der Waals surface area contributed by atoms with Gasteiger partial charge in [0, 0.05) is 5.75 Å². The van der Waals surface area contributed by atoms with Crippen molar-refractivity contribution in [3.05, 3.63) is 0 Å². The van der Waals surface area contributed by atoms with Gasteiger partial charge in [-0.25, -0.2) is 4.79 Å². The normalized spacial score (nSPS) is 15.0. The number of hydrogen-bond donors (Lipinski definition) is 7. The summed E-state index contributed by atoms with van der Waals surface area (Å²) in [5.74, 6) is -4.32. The molecule has 0 saturated heterocycles. The van der Waals surface area contributed by atoms with Gasteiger partial charge in [0.1, 0.15) is 18.1 Å². The predicted molar refractivity (Wildman–Crippen MR) is 118 cm³/mol. The molecule has 0 spiro atoms. The molecule has 4 unspecified atom stereocenters. The van der Waals surface area contributed by atoms with Gasteiger partial charge in [-0.1, -0.05) is 27.7 Å². The first-order valence-electron chi connectivity index (χ1n) is 10.1. The molecule has 0 radical (unpaired) electrons. The van der Waals surface area contributed by atoms with Crippen molar-refractivity contribution in [3.63, 3.8) is 0 Å². The van der Waals surface area contributed by atoms with Crippen molar-refractivity contribution in [1.29, 1.82) is 0 Å². The first-order chi connectivity index (χ1) is 14.3. The number of nitrogens with one attached hydrogen (secondary N) is 3. The molecule has 0 aromatic rings. The highest BCUT2D eigenvalue weighted by Gasteiger charge is 2.31. The van der Waals surface area contributed by atoms with Crippen LogP contribution in [0.1, 0.15) is 47.0 Å². The Kier molecular flexibility index (Phi) is 12.8. The summed E-state index contributed by atoms with van der Waals surface area (Å²) in [6, 6.07) is -4.54. The molecular formula is C19H35N5O6S. The van der Waals surface area contributed by atoms with Crippen LogP contribution < -0.4 is 27.4 Å². The van der Waals surface area contributed by atoms with E-state index in [0.717, 1.165) is 0 Å². The summed E-state index contributed by atoms with van der Waals surface area (Å²) in [5.41, 5.74) is 11.0. The largest absolute Gasteiger partial charge is 0.480 e. The van der Waals surface area contributed by atoms with Crippen LogP contribution in [0.15, 0.2) is 0 Å². The lowest BCUT2D eigenvalue weighted by Crippen LogP contribution is -2.58. The summed E-state index contributed by atoms with van der Waals surface area (Å²) in [4.78, 5) is 60.1. The first-order valence-corrected chi connectivity index (χ1v) is 10.7. The molecule has 0 aromatic heterocycles. The summed E-state index contributed by atoms with van der Waals surface area (Å²) in [7, 11) is 0. The van der Waals surface area contributed by atoms with Gasteiger partial charge >= 0.3 is 5.97 Å². The molecular weight excluding hydrogens is 426 g/mol. The lowest BCUT2D eigenvalue weighted by molar-refractivity contribution is -0.141. The Morgan fingerprint density at radius 2 is 1.26 bits per heavy atom. The predicted octanol–water partition coefficient (Wildman–Crippen LogP) is -1.25. The lowest BCUT2D eigenvalue weighted by Gasteiger charge is -2.25. The molecule has 0 fully saturated rings. The Bertz CT molecular complexity index is 658. The third kappa shape index (κ3) is 11.6. The number of carboxylic acids is 1. The van der Waals surface area contributed by atoms with Crippen LogP contribution in [0.2, 0.25) is 0 Å². The monoisotopic (exact) mass is 461 g/mol. The number of carboxylic acid groups (broad SMARTS) is 1. The summed E-state index contributed by atoms with van der Waals surface area (Å²) in [5, 5.41) is 16.2. The average Bonchev–Trinajstić information content (AvgIpc) is 2.62. The molecule has 178 valence electrons. The van der Waals surface area contributed by atoms with E-state index in [0.29, 0.717) is 6.42 Å². The van der Waals surface area contributed by atoms with E-state index in [2.05, 4.69) is 28.6 Å². The first kappa shape index (κ1) is 28.7. The fourth-order valence-corrected chi connectivity index (χ4v) is 2.98. The smallest absolute Gasteiger partial charge is 0.327 e. The van der Waals surface area contributed by atoms with E-state index in [9.17, 15) is 24.0 Å². The molecule has 0 saturated carbocycles. The lowest BCUT2D eigenvalue weighted by atomic mass is 10.00. The minimum Gasteiger partial charge on any atom is -0.480 e. The Morgan fingerprint density at radius 1 is 0.806 bits per heavy atom. The molecule has 0 bridgehead atoms. The topological polar surface area (TPSA) is 194 Å². The van der Waals surface area contributed by atoms with Crippen LogP contribution in [0.25, 0.3) is 0 Å². The third-order valence-corrected chi connectivity index (χ3v) is 4.60. The molecule has 4 atom stereocenters. The maximum Gasteiger partial charge on any atom is 0.327 e. The van der Waals surface area contributed by atoms with E-state index in [1.807, 2.05) is 27.7 Å². The Labute approximate surface area is 187 Å². The van der Waals surface area contributed by atoms with Gasteiger partial charge in [-0.05, 0) is 24.7 Å². The van der Waals surface area contributed by atoms with Crippen molar-refractivity contribution in [2.75, 3.05) is 5.75 Å². The highest BCUT2D eigenvalue weighted by atomic mass is 32.1. The van der Waals surface area contributed by atoms with Crippen LogP contribution in [-0.4, -0.2) is 64.6 Å². The molecule has 0 rings (SSSR count). The molecule has 0 aromatic carbocycles. The van der Waals surface area contributed by atoms with E-state index >= 15 is 0 Å². The minimum atomic E-state index is -1.41. The van der Waals surface area contributed by atoms with Gasteiger partial charge in [-0.15, -0.1) is 0 Å². The standard InChI is InChI=1S/C19H35N5O6S/c1-9(2)5-11(20)16(26)22-12(6-10(3)4)17(27)23-13(7-15(21)25)18(28)24-14(8-31)19(29)30/h9-14,31H,5-8,20H2,1-4H3,(H2,21,25)(H,22,26)(H,23,27)(H,24,28)(H,29,30). The van der Waals surface area contributed by atoms with Crippen LogP contribution in [0, 0.1) is 11.8 Å². The highest BCUT2D eigenvalue weighted by Crippen LogP contribution is 2.08. The zero-order chi connectivity index (χ0) is 24.3. The van der Waals surface area contributed by atoms with E-state index in [-0.39, 0.29) is 24.0 Å². The summed E-state index contributed by atoms with van der Waals surface area (Å²) < 4.78 is 0. The Balaban J connectivity index is 5.43. The number of rotatable bonds is 14. The fraction of sp³-hybridized carbons (Fsp3) is 0.737. The van der Waals surface area contributed by atoms with Crippen molar-refractivity contribution >= 4 is 42.2 Å². The molecule has 8 N–H and O–H groups in total. The van der Waals surface area contributed by atoms with E-state index in [4.69, 9.17) is 16.6 Å². The number of carbonyl (C=O) groups is 5. The third-order valence-electron chi connectivity index (χ3n) is 4.24. The quantitative estimate of drug-likeness (QED) is 0.157. The van der Waals surface area contributed by atoms with Crippen LogP contribution in [0.5, 0.6) is 0 Å². The second-order valence-electron chi connectivity index (χ2n) is 8.24. The molecule has 0 aliphatic rings. The van der Waals surface area contributed by atoms with Crippen LogP contribution in [-0.2, 0) is 24.0 Å². The number of hydrogen-bond acceptors (Lipinski definition) is 7. The number of primary amides is 1. The summed E-state index contributed by atoms with van der Waals surface area (Å²) in [6.45, 7) is 7.51. The van der Waals surface area contributed by atoms with Crippen molar-refractivity contribution in [3.8, 4) is 0 Å². The Hall–Kier alpha value is -2.34. The maximum absolute atomic E-state index is 12.8. The average molecular weight is 462 g/mol. The van der Waals surface area contributed by atoms with Crippen LogP contribution >= 0.6 is 12.6 Å². The van der Waals surface area contributed by atoms with Gasteiger partial charge in [-0.2, -0.15) is 12.6 Å². The molecule has 0 aliphatic heterocycles. The number of aliphatic carboxylic acids is 1. The van der Waals surface area contributed by atoms with Gasteiger partial charge in [0.25, 0.3) is 0 Å². The van der Waals surface area contributed by atoms with Crippen LogP contribution in [0.3, 0.4) is 0 Å². The highest BCUT2D eigenvalue weighted by molar-refractivity contribution is 7.80. The van der Waals surface area contributed by atoms with Gasteiger partial charge in [0.05, 0.1) is 12.5 Å². The van der Waals surface area contributed by atoms with Gasteiger partial charge in [-0.3, -0.25) is 19.2 Å². The zero-order valence-electron chi connectivity index (χ0n) is 18.4. The van der Waals surface area contributed by atoms with E-state index < -0.39 is 60.2 Å². The molecule has 0 aliphatic carbocycles. The molecule has 11 nitrogen and oxygen atoms in total. The molecule has 0 heterocycles. The SMILES string of the molecule is CC(C)CC(N)C(=O)NC(CC(C)C)C(=O)NC(CC(N)=O)C(=O)NC(CS)C(=O)O. The summed E-state index contributed by atoms with van der Waals surface area (Å²) in [6.07, 6.45) is 0.131. The number of carbonyl (C=O) groups excluding carboxylic acids is 4. The van der Waals surface area contributed by atoms with E-state index in [1.165, 1.54) is 0 Å². The maximum atomic E-state index is 12.8. The minimum absolute atomic E-state index is 0.0152. The number of nitrogens with two attached hydrogens (primary N) is 2. The zero-order valence-corrected chi connectivity index (χ0v) is 19.3. The molecule has 4 amide bonds. The van der Waals surface area contributed by atoms with Gasteiger partial charge < -0.3 is 32.5 Å². The number of amides is 4. The van der Waals surface area contributed by atoms with Crippen molar-refractivity contribution in [2.45, 2.75) is 71.1 Å². The van der Waals surface area contributed by atoms with Gasteiger partial charge in [0.15, 0.2) is 0 Å². The van der Waals surface area contributed by atoms with Crippen molar-refractivity contribution in [2.24, 2.45) is 23.3 Å². The van der Waals surface area contributed by atoms with Crippen molar-refractivity contribution < 1.29 is 29.1 Å². The molecule has 31 heavy (non-hydrogen) atoms. The van der Waals surface area contributed by atoms with Crippen molar-refractivity contribution in [1.82, 2.24) is 16.0 Å². The summed E-state index contributed by atoms with van der Waals surface area (Å²) >= 11 is 3.85. The second kappa shape index (κ2) is 13.9. The fourth-order valence-electron chi connectivity index (χ4n) is 2.74. The van der Waals surface area contributed by atoms with Crippen LogP contribution in [0.4, 0.5) is 0 Å². The Morgan fingerprint density at radius 3 is 1.68 bits per heavy atom. The molecule has 12 heteroatoms. The van der Waals surface area contributed by atoms with Gasteiger partial charge in [0.2, 0.25) is 23.6 Å².